The van der Waals surface area contributed by atoms with Crippen molar-refractivity contribution in [3.63, 3.8) is 0 Å². The molecule has 0 fully saturated rings. The van der Waals surface area contributed by atoms with E-state index in [1.807, 2.05) is 0 Å². The first-order valence-electron chi connectivity index (χ1n) is 2.42. The Morgan fingerprint density at radius 2 is 1.86 bits per heavy atom. The van der Waals surface area contributed by atoms with Crippen LogP contribution in [0.25, 0.3) is 0 Å². The quantitative estimate of drug-likeness (QED) is 0.426. The Balaban J connectivity index is 0. The van der Waals surface area contributed by atoms with E-state index in [2.05, 4.69) is 28.0 Å². The van der Waals surface area contributed by atoms with E-state index in [1.165, 1.54) is 23.9 Å². The second kappa shape index (κ2) is 10.2. The molecular weight excluding hydrogens is 288 g/mol. The normalized spacial score (nSPS) is 7.86. The van der Waals surface area contributed by atoms with Gasteiger partial charge in [-0.25, -0.2) is 0 Å². The summed E-state index contributed by atoms with van der Waals surface area (Å²) in [6, 6.07) is 0. The van der Waals surface area contributed by atoms with Gasteiger partial charge in [-0.1, -0.05) is 0 Å². The van der Waals surface area contributed by atoms with Crippen LogP contribution in [0.15, 0.2) is 0 Å². The molecule has 2 heteroatoms. The van der Waals surface area contributed by atoms with Crippen molar-refractivity contribution in [1.29, 1.82) is 0 Å². The maximum atomic E-state index is 2.56. The molecular formula is C5H14AuP. The third kappa shape index (κ3) is 11.0. The predicted molar refractivity (Wildman–Crippen MR) is 35.4 cm³/mol. The Morgan fingerprint density at radius 3 is 2.00 bits per heavy atom. The first-order chi connectivity index (χ1) is 2.91. The molecule has 0 heterocycles. The van der Waals surface area contributed by atoms with Gasteiger partial charge in [0.1, 0.15) is 0 Å². The predicted octanol–water partition coefficient (Wildman–Crippen LogP) is 2.20. The summed E-state index contributed by atoms with van der Waals surface area (Å²) in [5.74, 6) is 0. The van der Waals surface area contributed by atoms with Crippen molar-refractivity contribution < 1.29 is 21.1 Å². The minimum atomic E-state index is 0. The van der Waals surface area contributed by atoms with Crippen LogP contribution in [0.2, 0.25) is 4.64 Å². The standard InChI is InChI=1S/C5H11.Au.H3P/c1-3-5-4-2;;/h1,3-5H2,2H3;;1H3. The van der Waals surface area contributed by atoms with Crippen molar-refractivity contribution in [3.05, 3.63) is 0 Å². The Hall–Kier alpha value is 1.17. The van der Waals surface area contributed by atoms with Gasteiger partial charge < -0.3 is 0 Å². The van der Waals surface area contributed by atoms with Crippen molar-refractivity contribution >= 4 is 9.90 Å². The van der Waals surface area contributed by atoms with Gasteiger partial charge in [0.15, 0.2) is 0 Å². The van der Waals surface area contributed by atoms with Gasteiger partial charge in [0, 0.05) is 0 Å². The summed E-state index contributed by atoms with van der Waals surface area (Å²) in [6.45, 7) is 2.23. The fraction of sp³-hybridized carbons (Fsp3) is 1.00. The van der Waals surface area contributed by atoms with Crippen molar-refractivity contribution in [3.8, 4) is 0 Å². The van der Waals surface area contributed by atoms with Gasteiger partial charge in [-0.2, -0.15) is 9.90 Å². The number of unbranched alkanes of at least 4 members (excludes halogenated alkanes) is 2. The molecule has 0 aliphatic rings. The third-order valence-electron chi connectivity index (χ3n) is 0.710. The van der Waals surface area contributed by atoms with Gasteiger partial charge in [-0.05, 0) is 0 Å². The maximum Gasteiger partial charge on any atom is -0.153 e. The van der Waals surface area contributed by atoms with E-state index in [9.17, 15) is 0 Å². The monoisotopic (exact) mass is 302 g/mol. The van der Waals surface area contributed by atoms with Crippen molar-refractivity contribution in [2.24, 2.45) is 0 Å². The average molecular weight is 302 g/mol. The molecule has 0 aromatic carbocycles. The topological polar surface area (TPSA) is 0 Å². The Bertz CT molecular complexity index is 20.0. The van der Waals surface area contributed by atoms with Crippen LogP contribution < -0.4 is 0 Å². The molecule has 7 heavy (non-hydrogen) atoms. The summed E-state index contributed by atoms with van der Waals surface area (Å²) in [5, 5.41) is 0. The molecule has 0 saturated carbocycles. The van der Waals surface area contributed by atoms with E-state index in [0.29, 0.717) is 0 Å². The number of hydrogen-bond acceptors (Lipinski definition) is 0. The van der Waals surface area contributed by atoms with E-state index >= 15 is 0 Å². The van der Waals surface area contributed by atoms with Gasteiger partial charge in [-0.15, -0.1) is 0 Å². The Labute approximate surface area is 62.0 Å². The molecule has 0 saturated heterocycles. The van der Waals surface area contributed by atoms with Crippen LogP contribution in [0.5, 0.6) is 0 Å². The summed E-state index contributed by atoms with van der Waals surface area (Å²) in [4.78, 5) is 0. The maximum absolute atomic E-state index is 2.56. The fourth-order valence-electron chi connectivity index (χ4n) is 0.325. The minimum absolute atomic E-state index is 0. The molecule has 0 spiro atoms. The van der Waals surface area contributed by atoms with Gasteiger partial charge in [-0.3, -0.25) is 0 Å². The van der Waals surface area contributed by atoms with Gasteiger partial charge in [0.2, 0.25) is 0 Å². The second-order valence-electron chi connectivity index (χ2n) is 1.36. The zero-order valence-corrected chi connectivity index (χ0v) is 8.42. The van der Waals surface area contributed by atoms with E-state index < -0.39 is 0 Å². The molecule has 0 N–H and O–H groups in total. The van der Waals surface area contributed by atoms with Gasteiger partial charge in [0.25, 0.3) is 0 Å². The zero-order chi connectivity index (χ0) is 4.83. The van der Waals surface area contributed by atoms with Crippen LogP contribution in [0.1, 0.15) is 26.2 Å². The van der Waals surface area contributed by atoms with Crippen LogP contribution in [-0.2, 0) is 21.1 Å². The molecule has 1 unspecified atom stereocenters. The Morgan fingerprint density at radius 1 is 1.29 bits per heavy atom. The van der Waals surface area contributed by atoms with Crippen molar-refractivity contribution in [2.45, 2.75) is 30.8 Å². The van der Waals surface area contributed by atoms with Crippen LogP contribution in [-0.4, -0.2) is 0 Å². The summed E-state index contributed by atoms with van der Waals surface area (Å²) in [6.07, 6.45) is 4.13. The fourth-order valence-corrected chi connectivity index (χ4v) is 0.867. The molecule has 1 atom stereocenters. The van der Waals surface area contributed by atoms with Crippen LogP contribution >= 0.6 is 9.90 Å². The summed E-state index contributed by atoms with van der Waals surface area (Å²) in [5.41, 5.74) is 0. The van der Waals surface area contributed by atoms with Crippen LogP contribution in [0.3, 0.4) is 0 Å². The van der Waals surface area contributed by atoms with Crippen molar-refractivity contribution in [1.82, 2.24) is 0 Å². The molecule has 0 rings (SSSR count). The molecule has 0 aromatic rings. The first kappa shape index (κ1) is 11.0. The SMILES string of the molecule is CCCC[CH2][Au].P. The number of hydrogen-bond donors (Lipinski definition) is 0. The molecule has 0 nitrogen and oxygen atoms in total. The summed E-state index contributed by atoms with van der Waals surface area (Å²) in [7, 11) is 0. The van der Waals surface area contributed by atoms with E-state index in [1.54, 1.807) is 0 Å². The van der Waals surface area contributed by atoms with E-state index in [4.69, 9.17) is 0 Å². The smallest absolute Gasteiger partial charge is 0.153 e. The molecule has 0 aliphatic heterocycles. The summed E-state index contributed by atoms with van der Waals surface area (Å²) >= 11 is 2.56. The minimum Gasteiger partial charge on any atom is -0.153 e. The van der Waals surface area contributed by atoms with Crippen LogP contribution in [0.4, 0.5) is 0 Å². The molecule has 0 amide bonds. The average Bonchev–Trinajstić information content (AvgIpc) is 1.61. The van der Waals surface area contributed by atoms with Crippen LogP contribution in [0, 0.1) is 0 Å². The molecule has 0 aliphatic carbocycles. The zero-order valence-electron chi connectivity index (χ0n) is 4.84. The molecule has 0 radical (unpaired) electrons. The number of rotatable bonds is 3. The van der Waals surface area contributed by atoms with E-state index in [0.717, 1.165) is 0 Å². The Kier molecular flexibility index (Phi) is 16.1. The molecule has 0 bridgehead atoms. The third-order valence-corrected chi connectivity index (χ3v) is 1.48. The van der Waals surface area contributed by atoms with Gasteiger partial charge in [0.05, 0.1) is 0 Å². The first-order valence-corrected chi connectivity index (χ1v) is 3.95. The second-order valence-corrected chi connectivity index (χ2v) is 2.44. The van der Waals surface area contributed by atoms with Gasteiger partial charge >= 0.3 is 51.9 Å². The molecule has 0 aromatic heterocycles. The summed E-state index contributed by atoms with van der Waals surface area (Å²) < 4.78 is 1.30. The van der Waals surface area contributed by atoms with Crippen molar-refractivity contribution in [2.75, 3.05) is 0 Å². The molecule has 50 valence electrons. The van der Waals surface area contributed by atoms with E-state index in [-0.39, 0.29) is 9.90 Å². The largest absolute Gasteiger partial charge is 0.153 e.